The van der Waals surface area contributed by atoms with Gasteiger partial charge in [0.25, 0.3) is 0 Å². The first-order valence-electron chi connectivity index (χ1n) is 2.87. The van der Waals surface area contributed by atoms with Crippen LogP contribution < -0.4 is 0 Å². The predicted molar refractivity (Wildman–Crippen MR) is 44.0 cm³/mol. The molecule has 56 valence electrons. The summed E-state index contributed by atoms with van der Waals surface area (Å²) in [7, 11) is 0. The third kappa shape index (κ3) is 2.40. The highest BCUT2D eigenvalue weighted by Gasteiger charge is 1.99. The van der Waals surface area contributed by atoms with Gasteiger partial charge in [-0.1, -0.05) is 0 Å². The van der Waals surface area contributed by atoms with Gasteiger partial charge in [-0.2, -0.15) is 4.37 Å². The van der Waals surface area contributed by atoms with E-state index in [1.165, 1.54) is 11.5 Å². The molecule has 0 aliphatic heterocycles. The molecular weight excluding hydrogens is 191 g/mol. The summed E-state index contributed by atoms with van der Waals surface area (Å²) in [6, 6.07) is 0. The fraction of sp³-hybridized carbons (Fsp3) is 0.600. The van der Waals surface area contributed by atoms with E-state index in [1.807, 2.05) is 0 Å². The van der Waals surface area contributed by atoms with Crippen molar-refractivity contribution in [3.8, 4) is 0 Å². The average molecular weight is 197 g/mol. The molecule has 0 saturated carbocycles. The maximum absolute atomic E-state index is 5.55. The monoisotopic (exact) mass is 196 g/mol. The van der Waals surface area contributed by atoms with Crippen molar-refractivity contribution in [2.45, 2.75) is 12.8 Å². The quantitative estimate of drug-likeness (QED) is 0.695. The smallest absolute Gasteiger partial charge is 0.203 e. The molecule has 0 unspecified atom stereocenters. The number of halogens is 2. The van der Waals surface area contributed by atoms with Crippen molar-refractivity contribution in [2.75, 3.05) is 5.88 Å². The van der Waals surface area contributed by atoms with Gasteiger partial charge < -0.3 is 0 Å². The molecular formula is C5H6Cl2N2S. The van der Waals surface area contributed by atoms with Crippen molar-refractivity contribution < 1.29 is 0 Å². The number of aromatic nitrogens is 2. The van der Waals surface area contributed by atoms with Crippen LogP contribution in [-0.4, -0.2) is 15.2 Å². The standard InChI is InChI=1S/C5H6Cl2N2S/c6-3-1-2-4-8-5(7)10-9-4/h1-3H2. The summed E-state index contributed by atoms with van der Waals surface area (Å²) in [6.07, 6.45) is 1.74. The fourth-order valence-corrected chi connectivity index (χ4v) is 1.35. The summed E-state index contributed by atoms with van der Waals surface area (Å²) in [5.41, 5.74) is 0. The zero-order valence-corrected chi connectivity index (χ0v) is 7.51. The topological polar surface area (TPSA) is 25.8 Å². The number of nitrogens with zero attached hydrogens (tertiary/aromatic N) is 2. The maximum atomic E-state index is 5.55. The van der Waals surface area contributed by atoms with E-state index < -0.39 is 0 Å². The van der Waals surface area contributed by atoms with Crippen LogP contribution in [0.25, 0.3) is 0 Å². The molecule has 0 aromatic carbocycles. The molecule has 1 heterocycles. The lowest BCUT2D eigenvalue weighted by molar-refractivity contribution is 0.867. The summed E-state index contributed by atoms with van der Waals surface area (Å²) in [5, 5.41) is 0. The summed E-state index contributed by atoms with van der Waals surface area (Å²) >= 11 is 12.2. The van der Waals surface area contributed by atoms with E-state index >= 15 is 0 Å². The number of alkyl halides is 1. The molecule has 0 amide bonds. The van der Waals surface area contributed by atoms with Crippen molar-refractivity contribution in [3.05, 3.63) is 10.3 Å². The van der Waals surface area contributed by atoms with Crippen LogP contribution in [0.3, 0.4) is 0 Å². The lowest BCUT2D eigenvalue weighted by Gasteiger charge is -1.87. The molecule has 0 spiro atoms. The largest absolute Gasteiger partial charge is 0.208 e. The van der Waals surface area contributed by atoms with Crippen molar-refractivity contribution in [1.82, 2.24) is 9.36 Å². The molecule has 5 heteroatoms. The van der Waals surface area contributed by atoms with Crippen LogP contribution in [0, 0.1) is 0 Å². The molecule has 0 fully saturated rings. The second-order valence-electron chi connectivity index (χ2n) is 1.76. The number of aryl methyl sites for hydroxylation is 1. The highest BCUT2D eigenvalue weighted by molar-refractivity contribution is 7.10. The molecule has 1 rings (SSSR count). The molecule has 0 atom stereocenters. The summed E-state index contributed by atoms with van der Waals surface area (Å²) < 4.78 is 4.50. The highest BCUT2D eigenvalue weighted by atomic mass is 35.5. The van der Waals surface area contributed by atoms with E-state index in [0.29, 0.717) is 10.3 Å². The first-order chi connectivity index (χ1) is 4.83. The second-order valence-corrected chi connectivity index (χ2v) is 3.47. The van der Waals surface area contributed by atoms with Crippen molar-refractivity contribution in [2.24, 2.45) is 0 Å². The van der Waals surface area contributed by atoms with Crippen LogP contribution in [0.4, 0.5) is 0 Å². The minimum absolute atomic E-state index is 0.504. The minimum Gasteiger partial charge on any atom is -0.208 e. The Morgan fingerprint density at radius 2 is 2.30 bits per heavy atom. The van der Waals surface area contributed by atoms with Gasteiger partial charge in [0, 0.05) is 12.3 Å². The third-order valence-corrected chi connectivity index (χ3v) is 2.08. The van der Waals surface area contributed by atoms with Crippen LogP contribution in [-0.2, 0) is 6.42 Å². The Bertz CT molecular complexity index is 201. The SMILES string of the molecule is ClCCCc1nsc(Cl)n1. The lowest BCUT2D eigenvalue weighted by Crippen LogP contribution is -1.87. The summed E-state index contributed by atoms with van der Waals surface area (Å²) in [6.45, 7) is 0. The number of hydrogen-bond donors (Lipinski definition) is 0. The average Bonchev–Trinajstić information content (AvgIpc) is 2.31. The Labute approximate surface area is 73.4 Å². The normalized spacial score (nSPS) is 10.2. The third-order valence-electron chi connectivity index (χ3n) is 0.977. The van der Waals surface area contributed by atoms with Crippen LogP contribution in [0.1, 0.15) is 12.2 Å². The Kier molecular flexibility index (Phi) is 3.39. The van der Waals surface area contributed by atoms with E-state index in [0.717, 1.165) is 18.7 Å². The zero-order chi connectivity index (χ0) is 7.40. The van der Waals surface area contributed by atoms with Gasteiger partial charge in [0.1, 0.15) is 5.82 Å². The molecule has 1 aromatic heterocycles. The van der Waals surface area contributed by atoms with Gasteiger partial charge in [0.15, 0.2) is 0 Å². The molecule has 0 aliphatic carbocycles. The highest BCUT2D eigenvalue weighted by Crippen LogP contribution is 2.11. The summed E-state index contributed by atoms with van der Waals surface area (Å²) in [4.78, 5) is 3.96. The van der Waals surface area contributed by atoms with Gasteiger partial charge in [0.05, 0.1) is 0 Å². The van der Waals surface area contributed by atoms with Crippen molar-refractivity contribution in [1.29, 1.82) is 0 Å². The van der Waals surface area contributed by atoms with Gasteiger partial charge in [-0.25, -0.2) is 4.98 Å². The van der Waals surface area contributed by atoms with Gasteiger partial charge in [-0.15, -0.1) is 11.6 Å². The van der Waals surface area contributed by atoms with Gasteiger partial charge in [-0.3, -0.25) is 0 Å². The van der Waals surface area contributed by atoms with Crippen molar-refractivity contribution in [3.63, 3.8) is 0 Å². The molecule has 0 bridgehead atoms. The Balaban J connectivity index is 2.42. The second kappa shape index (κ2) is 4.11. The lowest BCUT2D eigenvalue weighted by atomic mass is 10.3. The minimum atomic E-state index is 0.504. The first kappa shape index (κ1) is 8.24. The fourth-order valence-electron chi connectivity index (χ4n) is 0.559. The van der Waals surface area contributed by atoms with Crippen molar-refractivity contribution >= 4 is 34.7 Å². The molecule has 0 aliphatic rings. The predicted octanol–water partition coefficient (Wildman–Crippen LogP) is 2.36. The van der Waals surface area contributed by atoms with E-state index in [2.05, 4.69) is 9.36 Å². The van der Waals surface area contributed by atoms with E-state index in [-0.39, 0.29) is 0 Å². The molecule has 1 aromatic rings. The van der Waals surface area contributed by atoms with Crippen LogP contribution >= 0.6 is 34.7 Å². The molecule has 0 saturated heterocycles. The van der Waals surface area contributed by atoms with E-state index in [4.69, 9.17) is 23.2 Å². The van der Waals surface area contributed by atoms with E-state index in [1.54, 1.807) is 0 Å². The van der Waals surface area contributed by atoms with Gasteiger partial charge in [0.2, 0.25) is 4.47 Å². The molecule has 0 radical (unpaired) electrons. The molecule has 0 N–H and O–H groups in total. The van der Waals surface area contributed by atoms with Crippen LogP contribution in [0.15, 0.2) is 0 Å². The first-order valence-corrected chi connectivity index (χ1v) is 4.55. The number of hydrogen-bond acceptors (Lipinski definition) is 3. The Morgan fingerprint density at radius 1 is 1.50 bits per heavy atom. The Morgan fingerprint density at radius 3 is 2.80 bits per heavy atom. The number of rotatable bonds is 3. The van der Waals surface area contributed by atoms with E-state index in [9.17, 15) is 0 Å². The van der Waals surface area contributed by atoms with Gasteiger partial charge >= 0.3 is 0 Å². The molecule has 2 nitrogen and oxygen atoms in total. The maximum Gasteiger partial charge on any atom is 0.203 e. The zero-order valence-electron chi connectivity index (χ0n) is 5.18. The van der Waals surface area contributed by atoms with Crippen LogP contribution in [0.2, 0.25) is 4.47 Å². The molecule has 10 heavy (non-hydrogen) atoms. The summed E-state index contributed by atoms with van der Waals surface area (Å²) in [5.74, 6) is 1.45. The van der Waals surface area contributed by atoms with Gasteiger partial charge in [-0.05, 0) is 29.6 Å². The Hall–Kier alpha value is 0.140. The van der Waals surface area contributed by atoms with Crippen LogP contribution in [0.5, 0.6) is 0 Å².